The first-order valence-corrected chi connectivity index (χ1v) is 7.26. The van der Waals surface area contributed by atoms with Gasteiger partial charge in [0, 0.05) is 18.9 Å². The number of nitrogens with one attached hydrogen (secondary N) is 1. The number of aromatic nitrogens is 2. The summed E-state index contributed by atoms with van der Waals surface area (Å²) < 4.78 is 37.7. The van der Waals surface area contributed by atoms with Crippen molar-refractivity contribution >= 4 is 17.7 Å². The number of thioether (sulfide) groups is 1. The van der Waals surface area contributed by atoms with Crippen molar-refractivity contribution in [1.29, 1.82) is 0 Å². The van der Waals surface area contributed by atoms with Gasteiger partial charge in [-0.1, -0.05) is 23.9 Å². The van der Waals surface area contributed by atoms with E-state index in [1.54, 1.807) is 18.5 Å². The third kappa shape index (κ3) is 5.03. The highest BCUT2D eigenvalue weighted by molar-refractivity contribution is 7.99. The van der Waals surface area contributed by atoms with Crippen molar-refractivity contribution in [3.05, 3.63) is 53.9 Å². The SMILES string of the molecule is O=C(CSc1ncccn1)NCc1cccc(C(F)(F)F)c1. The molecule has 116 valence electrons. The topological polar surface area (TPSA) is 54.9 Å². The molecule has 2 rings (SSSR count). The lowest BCUT2D eigenvalue weighted by molar-refractivity contribution is -0.137. The maximum absolute atomic E-state index is 12.6. The fraction of sp³-hybridized carbons (Fsp3) is 0.214. The van der Waals surface area contributed by atoms with Gasteiger partial charge in [-0.25, -0.2) is 9.97 Å². The Morgan fingerprint density at radius 3 is 2.59 bits per heavy atom. The third-order valence-electron chi connectivity index (χ3n) is 2.62. The minimum Gasteiger partial charge on any atom is -0.351 e. The van der Waals surface area contributed by atoms with E-state index in [4.69, 9.17) is 0 Å². The van der Waals surface area contributed by atoms with Crippen molar-refractivity contribution in [2.75, 3.05) is 5.75 Å². The fourth-order valence-corrected chi connectivity index (χ4v) is 2.23. The van der Waals surface area contributed by atoms with Crippen LogP contribution in [0, 0.1) is 0 Å². The average Bonchev–Trinajstić information content (AvgIpc) is 2.51. The van der Waals surface area contributed by atoms with Crippen LogP contribution in [0.5, 0.6) is 0 Å². The number of alkyl halides is 3. The molecule has 0 unspecified atom stereocenters. The van der Waals surface area contributed by atoms with Gasteiger partial charge in [-0.05, 0) is 23.8 Å². The highest BCUT2D eigenvalue weighted by Gasteiger charge is 2.30. The Kier molecular flexibility index (Phi) is 5.37. The molecule has 2 aromatic rings. The Morgan fingerprint density at radius 2 is 1.91 bits per heavy atom. The number of carbonyl (C=O) groups is 1. The molecule has 0 saturated carbocycles. The lowest BCUT2D eigenvalue weighted by atomic mass is 10.1. The largest absolute Gasteiger partial charge is 0.416 e. The monoisotopic (exact) mass is 327 g/mol. The van der Waals surface area contributed by atoms with Crippen LogP contribution in [-0.4, -0.2) is 21.6 Å². The second-order valence-electron chi connectivity index (χ2n) is 4.29. The van der Waals surface area contributed by atoms with Gasteiger partial charge in [0.25, 0.3) is 0 Å². The Hall–Kier alpha value is -2.09. The van der Waals surface area contributed by atoms with Gasteiger partial charge in [-0.15, -0.1) is 0 Å². The van der Waals surface area contributed by atoms with Crippen LogP contribution in [0.2, 0.25) is 0 Å². The molecule has 0 aliphatic carbocycles. The first-order valence-electron chi connectivity index (χ1n) is 6.28. The zero-order valence-corrected chi connectivity index (χ0v) is 12.1. The van der Waals surface area contributed by atoms with E-state index in [1.807, 2.05) is 0 Å². The Balaban J connectivity index is 1.84. The summed E-state index contributed by atoms with van der Waals surface area (Å²) in [7, 11) is 0. The van der Waals surface area contributed by atoms with Crippen LogP contribution >= 0.6 is 11.8 Å². The van der Waals surface area contributed by atoms with E-state index in [-0.39, 0.29) is 18.2 Å². The Labute approximate surface area is 129 Å². The van der Waals surface area contributed by atoms with E-state index in [2.05, 4.69) is 15.3 Å². The van der Waals surface area contributed by atoms with Crippen molar-refractivity contribution in [1.82, 2.24) is 15.3 Å². The van der Waals surface area contributed by atoms with E-state index >= 15 is 0 Å². The van der Waals surface area contributed by atoms with Crippen LogP contribution in [0.1, 0.15) is 11.1 Å². The van der Waals surface area contributed by atoms with Crippen LogP contribution in [0.4, 0.5) is 13.2 Å². The summed E-state index contributed by atoms with van der Waals surface area (Å²) in [6.07, 6.45) is -1.26. The Morgan fingerprint density at radius 1 is 1.18 bits per heavy atom. The van der Waals surface area contributed by atoms with Crippen LogP contribution in [-0.2, 0) is 17.5 Å². The first kappa shape index (κ1) is 16.3. The molecule has 1 N–H and O–H groups in total. The van der Waals surface area contributed by atoms with Gasteiger partial charge >= 0.3 is 6.18 Å². The maximum Gasteiger partial charge on any atom is 0.416 e. The first-order chi connectivity index (χ1) is 10.4. The van der Waals surface area contributed by atoms with E-state index in [1.165, 1.54) is 12.1 Å². The van der Waals surface area contributed by atoms with Crippen molar-refractivity contribution in [2.45, 2.75) is 17.9 Å². The van der Waals surface area contributed by atoms with Crippen LogP contribution < -0.4 is 5.32 Å². The number of benzene rings is 1. The van der Waals surface area contributed by atoms with Gasteiger partial charge in [-0.3, -0.25) is 4.79 Å². The smallest absolute Gasteiger partial charge is 0.351 e. The molecule has 1 aromatic heterocycles. The molecular weight excluding hydrogens is 315 g/mol. The van der Waals surface area contributed by atoms with Crippen molar-refractivity contribution < 1.29 is 18.0 Å². The van der Waals surface area contributed by atoms with Crippen LogP contribution in [0.3, 0.4) is 0 Å². The third-order valence-corrected chi connectivity index (χ3v) is 3.49. The summed E-state index contributed by atoms with van der Waals surface area (Å²) in [4.78, 5) is 19.6. The maximum atomic E-state index is 12.6. The number of hydrogen-bond acceptors (Lipinski definition) is 4. The molecule has 0 radical (unpaired) electrons. The quantitative estimate of drug-likeness (QED) is 0.678. The van der Waals surface area contributed by atoms with E-state index in [9.17, 15) is 18.0 Å². The molecule has 1 aromatic carbocycles. The molecule has 0 bridgehead atoms. The number of hydrogen-bond donors (Lipinski definition) is 1. The van der Waals surface area contributed by atoms with Gasteiger partial charge in [0.2, 0.25) is 5.91 Å². The van der Waals surface area contributed by atoms with E-state index in [0.29, 0.717) is 10.7 Å². The normalized spacial score (nSPS) is 11.2. The predicted molar refractivity (Wildman–Crippen MR) is 76.0 cm³/mol. The Bertz CT molecular complexity index is 635. The molecule has 0 aliphatic rings. The van der Waals surface area contributed by atoms with E-state index in [0.717, 1.165) is 23.9 Å². The summed E-state index contributed by atoms with van der Waals surface area (Å²) in [6, 6.07) is 6.53. The number of rotatable bonds is 5. The minimum atomic E-state index is -4.39. The lowest BCUT2D eigenvalue weighted by Crippen LogP contribution is -2.24. The average molecular weight is 327 g/mol. The summed E-state index contributed by atoms with van der Waals surface area (Å²) >= 11 is 1.16. The molecule has 0 fully saturated rings. The van der Waals surface area contributed by atoms with Crippen LogP contribution in [0.25, 0.3) is 0 Å². The highest BCUT2D eigenvalue weighted by atomic mass is 32.2. The van der Waals surface area contributed by atoms with E-state index < -0.39 is 11.7 Å². The molecule has 4 nitrogen and oxygen atoms in total. The van der Waals surface area contributed by atoms with Gasteiger partial charge in [-0.2, -0.15) is 13.2 Å². The minimum absolute atomic E-state index is 0.0406. The lowest BCUT2D eigenvalue weighted by Gasteiger charge is -2.09. The number of halogens is 3. The van der Waals surface area contributed by atoms with Gasteiger partial charge in [0.15, 0.2) is 5.16 Å². The molecular formula is C14H12F3N3OS. The summed E-state index contributed by atoms with van der Waals surface area (Å²) in [5.74, 6) is -0.196. The molecule has 1 amide bonds. The second-order valence-corrected chi connectivity index (χ2v) is 5.24. The molecule has 0 atom stereocenters. The summed E-state index contributed by atoms with van der Waals surface area (Å²) in [5.41, 5.74) is -0.338. The molecule has 0 spiro atoms. The van der Waals surface area contributed by atoms with Crippen molar-refractivity contribution in [3.8, 4) is 0 Å². The van der Waals surface area contributed by atoms with Crippen LogP contribution in [0.15, 0.2) is 47.9 Å². The fourth-order valence-electron chi connectivity index (χ4n) is 1.60. The van der Waals surface area contributed by atoms with Gasteiger partial charge < -0.3 is 5.32 Å². The standard InChI is InChI=1S/C14H12F3N3OS/c15-14(16,17)11-4-1-3-10(7-11)8-20-12(21)9-22-13-18-5-2-6-19-13/h1-7H,8-9H2,(H,20,21). The van der Waals surface area contributed by atoms with Gasteiger partial charge in [0.1, 0.15) is 0 Å². The number of amides is 1. The van der Waals surface area contributed by atoms with Crippen molar-refractivity contribution in [2.24, 2.45) is 0 Å². The zero-order valence-electron chi connectivity index (χ0n) is 11.3. The number of nitrogens with zero attached hydrogens (tertiary/aromatic N) is 2. The molecule has 0 saturated heterocycles. The molecule has 1 heterocycles. The summed E-state index contributed by atoms with van der Waals surface area (Å²) in [5, 5.41) is 3.03. The highest BCUT2D eigenvalue weighted by Crippen LogP contribution is 2.29. The molecule has 22 heavy (non-hydrogen) atoms. The summed E-state index contributed by atoms with van der Waals surface area (Å²) in [6.45, 7) is 0.0406. The zero-order chi connectivity index (χ0) is 16.0. The van der Waals surface area contributed by atoms with Gasteiger partial charge in [0.05, 0.1) is 11.3 Å². The molecule has 8 heteroatoms. The molecule has 0 aliphatic heterocycles. The van der Waals surface area contributed by atoms with Crippen molar-refractivity contribution in [3.63, 3.8) is 0 Å². The number of carbonyl (C=O) groups excluding carboxylic acids is 1. The predicted octanol–water partition coefficient (Wildman–Crippen LogP) is 2.90. The second kappa shape index (κ2) is 7.26.